The third kappa shape index (κ3) is 2.36. The number of carbonyl (C=O) groups is 1. The molecular weight excluding hydrogens is 240 g/mol. The third-order valence-corrected chi connectivity index (χ3v) is 3.83. The van der Waals surface area contributed by atoms with Gasteiger partial charge < -0.3 is 15.1 Å². The number of nitrogens with one attached hydrogen (secondary N) is 2. The van der Waals surface area contributed by atoms with E-state index in [4.69, 9.17) is 4.42 Å². The van der Waals surface area contributed by atoms with Gasteiger partial charge in [0.2, 0.25) is 0 Å². The van der Waals surface area contributed by atoms with Crippen LogP contribution in [0.25, 0.3) is 11.0 Å². The predicted molar refractivity (Wildman–Crippen MR) is 74.1 cm³/mol. The minimum absolute atomic E-state index is 0.0382. The van der Waals surface area contributed by atoms with E-state index in [1.165, 1.54) is 0 Å². The molecular formula is C15H18N2O2. The van der Waals surface area contributed by atoms with Crippen molar-refractivity contribution in [3.63, 3.8) is 0 Å². The molecule has 2 aromatic rings. The van der Waals surface area contributed by atoms with Crippen LogP contribution in [-0.4, -0.2) is 25.0 Å². The summed E-state index contributed by atoms with van der Waals surface area (Å²) >= 11 is 0. The van der Waals surface area contributed by atoms with Crippen LogP contribution in [0.3, 0.4) is 0 Å². The van der Waals surface area contributed by atoms with Gasteiger partial charge in [-0.2, -0.15) is 0 Å². The summed E-state index contributed by atoms with van der Waals surface area (Å²) in [5.74, 6) is 0.416. The van der Waals surface area contributed by atoms with E-state index < -0.39 is 0 Å². The lowest BCUT2D eigenvalue weighted by Crippen LogP contribution is -2.48. The van der Waals surface area contributed by atoms with Crippen LogP contribution in [0.4, 0.5) is 0 Å². The second-order valence-electron chi connectivity index (χ2n) is 5.20. The summed E-state index contributed by atoms with van der Waals surface area (Å²) in [5.41, 5.74) is 1.38. The highest BCUT2D eigenvalue weighted by Crippen LogP contribution is 2.21. The maximum absolute atomic E-state index is 12.3. The second-order valence-corrected chi connectivity index (χ2v) is 5.20. The number of hydrogen-bond donors (Lipinski definition) is 2. The van der Waals surface area contributed by atoms with Gasteiger partial charge in [-0.15, -0.1) is 0 Å². The summed E-state index contributed by atoms with van der Waals surface area (Å²) in [4.78, 5) is 12.3. The van der Waals surface area contributed by atoms with Crippen molar-refractivity contribution in [2.24, 2.45) is 5.92 Å². The third-order valence-electron chi connectivity index (χ3n) is 3.83. The van der Waals surface area contributed by atoms with Gasteiger partial charge in [-0.05, 0) is 31.5 Å². The van der Waals surface area contributed by atoms with E-state index >= 15 is 0 Å². The van der Waals surface area contributed by atoms with Crippen molar-refractivity contribution >= 4 is 16.9 Å². The molecule has 1 saturated heterocycles. The summed E-state index contributed by atoms with van der Waals surface area (Å²) < 4.78 is 5.41. The largest absolute Gasteiger partial charge is 0.463 e. The number of carbonyl (C=O) groups excluding carboxylic acids is 1. The van der Waals surface area contributed by atoms with E-state index in [-0.39, 0.29) is 11.9 Å². The Kier molecular flexibility index (Phi) is 3.25. The molecule has 1 fully saturated rings. The number of rotatable bonds is 2. The molecule has 2 unspecified atom stereocenters. The molecule has 2 N–H and O–H groups in total. The van der Waals surface area contributed by atoms with Crippen LogP contribution in [0.2, 0.25) is 0 Å². The Morgan fingerprint density at radius 1 is 1.42 bits per heavy atom. The molecule has 1 aliphatic heterocycles. The number of para-hydroxylation sites is 1. The van der Waals surface area contributed by atoms with Crippen molar-refractivity contribution < 1.29 is 9.21 Å². The van der Waals surface area contributed by atoms with Crippen LogP contribution in [0.5, 0.6) is 0 Å². The average Bonchev–Trinajstić information content (AvgIpc) is 2.85. The quantitative estimate of drug-likeness (QED) is 0.868. The zero-order valence-electron chi connectivity index (χ0n) is 11.0. The van der Waals surface area contributed by atoms with Gasteiger partial charge >= 0.3 is 0 Å². The Morgan fingerprint density at radius 2 is 2.26 bits per heavy atom. The first kappa shape index (κ1) is 12.2. The van der Waals surface area contributed by atoms with Crippen LogP contribution in [0.15, 0.2) is 34.9 Å². The highest BCUT2D eigenvalue weighted by molar-refractivity contribution is 6.05. The number of furan rings is 1. The van der Waals surface area contributed by atoms with Gasteiger partial charge in [-0.1, -0.05) is 25.1 Å². The molecule has 1 aliphatic rings. The van der Waals surface area contributed by atoms with Crippen molar-refractivity contribution in [2.75, 3.05) is 13.1 Å². The van der Waals surface area contributed by atoms with Gasteiger partial charge in [0, 0.05) is 11.4 Å². The van der Waals surface area contributed by atoms with E-state index in [1.807, 2.05) is 24.3 Å². The molecule has 100 valence electrons. The first-order valence-corrected chi connectivity index (χ1v) is 6.73. The Morgan fingerprint density at radius 3 is 3.11 bits per heavy atom. The summed E-state index contributed by atoms with van der Waals surface area (Å²) in [6.45, 7) is 4.07. The van der Waals surface area contributed by atoms with Gasteiger partial charge in [0.05, 0.1) is 5.56 Å². The van der Waals surface area contributed by atoms with Crippen molar-refractivity contribution in [3.05, 3.63) is 36.1 Å². The SMILES string of the molecule is CC1CNCCC1NC(=O)c1coc2ccccc12. The molecule has 1 amide bonds. The Labute approximate surface area is 112 Å². The zero-order chi connectivity index (χ0) is 13.2. The van der Waals surface area contributed by atoms with E-state index in [9.17, 15) is 4.79 Å². The molecule has 2 heterocycles. The number of piperidine rings is 1. The van der Waals surface area contributed by atoms with Crippen molar-refractivity contribution in [2.45, 2.75) is 19.4 Å². The standard InChI is InChI=1S/C15H18N2O2/c1-10-8-16-7-6-13(10)17-15(18)12-9-19-14-5-3-2-4-11(12)14/h2-5,9-10,13,16H,6-8H2,1H3,(H,17,18). The molecule has 1 aromatic carbocycles. The van der Waals surface area contributed by atoms with Gasteiger partial charge in [0.25, 0.3) is 5.91 Å². The molecule has 2 atom stereocenters. The maximum Gasteiger partial charge on any atom is 0.255 e. The molecule has 0 bridgehead atoms. The van der Waals surface area contributed by atoms with Gasteiger partial charge in [-0.3, -0.25) is 4.79 Å². The molecule has 1 aromatic heterocycles. The Hall–Kier alpha value is -1.81. The summed E-state index contributed by atoms with van der Waals surface area (Å²) in [6, 6.07) is 7.85. The number of hydrogen-bond acceptors (Lipinski definition) is 3. The fourth-order valence-corrected chi connectivity index (χ4v) is 2.63. The highest BCUT2D eigenvalue weighted by atomic mass is 16.3. The van der Waals surface area contributed by atoms with Crippen LogP contribution in [0.1, 0.15) is 23.7 Å². The van der Waals surface area contributed by atoms with E-state index in [0.29, 0.717) is 11.5 Å². The average molecular weight is 258 g/mol. The van der Waals surface area contributed by atoms with Crippen LogP contribution >= 0.6 is 0 Å². The summed E-state index contributed by atoms with van der Waals surface area (Å²) in [7, 11) is 0. The fourth-order valence-electron chi connectivity index (χ4n) is 2.63. The number of amides is 1. The number of fused-ring (bicyclic) bond motifs is 1. The van der Waals surface area contributed by atoms with E-state index in [1.54, 1.807) is 6.26 Å². The minimum atomic E-state index is -0.0382. The molecule has 0 radical (unpaired) electrons. The highest BCUT2D eigenvalue weighted by Gasteiger charge is 2.24. The smallest absolute Gasteiger partial charge is 0.255 e. The normalized spacial score (nSPS) is 23.4. The lowest BCUT2D eigenvalue weighted by Gasteiger charge is -2.30. The summed E-state index contributed by atoms with van der Waals surface area (Å²) in [6.07, 6.45) is 2.52. The monoisotopic (exact) mass is 258 g/mol. The maximum atomic E-state index is 12.3. The van der Waals surface area contributed by atoms with Crippen LogP contribution in [-0.2, 0) is 0 Å². The number of benzene rings is 1. The molecule has 0 aliphatic carbocycles. The minimum Gasteiger partial charge on any atom is -0.463 e. The van der Waals surface area contributed by atoms with Crippen molar-refractivity contribution in [1.29, 1.82) is 0 Å². The first-order valence-electron chi connectivity index (χ1n) is 6.73. The van der Waals surface area contributed by atoms with Crippen molar-refractivity contribution in [1.82, 2.24) is 10.6 Å². The predicted octanol–water partition coefficient (Wildman–Crippen LogP) is 2.16. The molecule has 4 nitrogen and oxygen atoms in total. The van der Waals surface area contributed by atoms with Crippen molar-refractivity contribution in [3.8, 4) is 0 Å². The van der Waals surface area contributed by atoms with Crippen LogP contribution < -0.4 is 10.6 Å². The lowest BCUT2D eigenvalue weighted by atomic mass is 9.95. The molecule has 19 heavy (non-hydrogen) atoms. The molecule has 0 saturated carbocycles. The van der Waals surface area contributed by atoms with Gasteiger partial charge in [0.1, 0.15) is 11.8 Å². The van der Waals surface area contributed by atoms with Gasteiger partial charge in [-0.25, -0.2) is 0 Å². The molecule has 4 heteroatoms. The van der Waals surface area contributed by atoms with E-state index in [2.05, 4.69) is 17.6 Å². The second kappa shape index (κ2) is 5.05. The Balaban J connectivity index is 1.80. The summed E-state index contributed by atoms with van der Waals surface area (Å²) in [5, 5.41) is 7.33. The molecule has 0 spiro atoms. The van der Waals surface area contributed by atoms with E-state index in [0.717, 1.165) is 30.5 Å². The first-order chi connectivity index (χ1) is 9.25. The van der Waals surface area contributed by atoms with Gasteiger partial charge in [0.15, 0.2) is 0 Å². The lowest BCUT2D eigenvalue weighted by molar-refractivity contribution is 0.0915. The zero-order valence-corrected chi connectivity index (χ0v) is 11.0. The fraction of sp³-hybridized carbons (Fsp3) is 0.400. The molecule has 3 rings (SSSR count). The Bertz CT molecular complexity index is 591. The topological polar surface area (TPSA) is 54.3 Å². The van der Waals surface area contributed by atoms with Crippen LogP contribution in [0, 0.1) is 5.92 Å².